The highest BCUT2D eigenvalue weighted by atomic mass is 35.5. The summed E-state index contributed by atoms with van der Waals surface area (Å²) in [5, 5.41) is 13.7. The molecule has 3 aromatic carbocycles. The van der Waals surface area contributed by atoms with E-state index in [1.165, 1.54) is 14.2 Å². The molecule has 4 rings (SSSR count). The van der Waals surface area contributed by atoms with E-state index in [4.69, 9.17) is 25.8 Å². The van der Waals surface area contributed by atoms with Crippen LogP contribution in [0.1, 0.15) is 22.1 Å². The van der Waals surface area contributed by atoms with Crippen LogP contribution >= 0.6 is 11.6 Å². The molecule has 1 amide bonds. The number of carbonyl (C=O) groups is 1. The zero-order valence-electron chi connectivity index (χ0n) is 17.2. The van der Waals surface area contributed by atoms with Gasteiger partial charge in [-0.05, 0) is 36.4 Å². The quantitative estimate of drug-likeness (QED) is 0.590. The second-order valence-electron chi connectivity index (χ2n) is 6.86. The summed E-state index contributed by atoms with van der Waals surface area (Å²) in [4.78, 5) is 15.2. The van der Waals surface area contributed by atoms with Gasteiger partial charge in [0, 0.05) is 17.3 Å². The van der Waals surface area contributed by atoms with E-state index in [1.54, 1.807) is 48.4 Å². The van der Waals surface area contributed by atoms with Crippen molar-refractivity contribution in [2.75, 3.05) is 31.5 Å². The third-order valence-corrected chi connectivity index (χ3v) is 5.45. The van der Waals surface area contributed by atoms with Crippen molar-refractivity contribution in [3.05, 3.63) is 70.7 Å². The molecule has 0 aromatic heterocycles. The average molecular weight is 441 g/mol. The van der Waals surface area contributed by atoms with Crippen molar-refractivity contribution in [1.82, 2.24) is 0 Å². The van der Waals surface area contributed by atoms with Gasteiger partial charge in [0.05, 0.1) is 37.6 Å². The number of benzene rings is 3. The fourth-order valence-corrected chi connectivity index (χ4v) is 3.85. The van der Waals surface area contributed by atoms with E-state index in [-0.39, 0.29) is 22.4 Å². The van der Waals surface area contributed by atoms with E-state index in [9.17, 15) is 9.90 Å². The maximum Gasteiger partial charge on any atom is 0.262 e. The van der Waals surface area contributed by atoms with Crippen LogP contribution in [0.3, 0.4) is 0 Å². The minimum atomic E-state index is -0.642. The lowest BCUT2D eigenvalue weighted by atomic mass is 10.0. The number of ether oxygens (including phenoxy) is 3. The molecule has 31 heavy (non-hydrogen) atoms. The number of hydrogen-bond donors (Lipinski definition) is 2. The predicted octanol–water partition coefficient (Wildman–Crippen LogP) is 4.84. The first-order valence-corrected chi connectivity index (χ1v) is 9.83. The van der Waals surface area contributed by atoms with Gasteiger partial charge in [-0.25, -0.2) is 0 Å². The van der Waals surface area contributed by atoms with Crippen molar-refractivity contribution in [1.29, 1.82) is 0 Å². The van der Waals surface area contributed by atoms with E-state index in [0.29, 0.717) is 34.0 Å². The van der Waals surface area contributed by atoms with Gasteiger partial charge in [-0.1, -0.05) is 23.7 Å². The minimum Gasteiger partial charge on any atom is -0.503 e. The van der Waals surface area contributed by atoms with Crippen LogP contribution in [-0.2, 0) is 0 Å². The molecular weight excluding hydrogens is 420 g/mol. The van der Waals surface area contributed by atoms with Crippen LogP contribution in [0.4, 0.5) is 11.4 Å². The topological polar surface area (TPSA) is 80.3 Å². The second kappa shape index (κ2) is 8.28. The first-order valence-electron chi connectivity index (χ1n) is 9.46. The fraction of sp³-hybridized carbons (Fsp3) is 0.174. The molecule has 1 aliphatic heterocycles. The SMILES string of the molecule is COc1ccc(N2C(=O)c3ccccc3N[C@H]2c2cc(Cl)c(O)c(OC)c2)c(OC)c1. The summed E-state index contributed by atoms with van der Waals surface area (Å²) in [6.45, 7) is 0. The number of amides is 1. The zero-order valence-corrected chi connectivity index (χ0v) is 17.9. The average Bonchev–Trinajstić information content (AvgIpc) is 2.80. The number of halogens is 1. The summed E-state index contributed by atoms with van der Waals surface area (Å²) in [5.41, 5.74) is 2.38. The van der Waals surface area contributed by atoms with Gasteiger partial charge in [0.15, 0.2) is 11.5 Å². The van der Waals surface area contributed by atoms with Gasteiger partial charge in [-0.3, -0.25) is 9.69 Å². The molecule has 8 heteroatoms. The Morgan fingerprint density at radius 2 is 1.71 bits per heavy atom. The number of nitrogens with one attached hydrogen (secondary N) is 1. The zero-order chi connectivity index (χ0) is 22.1. The van der Waals surface area contributed by atoms with Crippen molar-refractivity contribution in [2.45, 2.75) is 6.17 Å². The van der Waals surface area contributed by atoms with Crippen LogP contribution in [0.25, 0.3) is 0 Å². The molecule has 160 valence electrons. The predicted molar refractivity (Wildman–Crippen MR) is 119 cm³/mol. The second-order valence-corrected chi connectivity index (χ2v) is 7.27. The Balaban J connectivity index is 1.92. The van der Waals surface area contributed by atoms with Crippen molar-refractivity contribution in [2.24, 2.45) is 0 Å². The van der Waals surface area contributed by atoms with Gasteiger partial charge in [-0.15, -0.1) is 0 Å². The Morgan fingerprint density at radius 1 is 0.968 bits per heavy atom. The number of phenolic OH excluding ortho intramolecular Hbond substituents is 1. The Kier molecular flexibility index (Phi) is 5.52. The molecule has 7 nitrogen and oxygen atoms in total. The number of hydrogen-bond acceptors (Lipinski definition) is 6. The highest BCUT2D eigenvalue weighted by Gasteiger charge is 2.36. The molecule has 0 radical (unpaired) electrons. The molecule has 2 N–H and O–H groups in total. The van der Waals surface area contributed by atoms with Crippen molar-refractivity contribution < 1.29 is 24.1 Å². The number of anilines is 2. The van der Waals surface area contributed by atoms with E-state index in [1.807, 2.05) is 18.2 Å². The molecule has 0 saturated heterocycles. The number of carbonyl (C=O) groups excluding carboxylic acids is 1. The third-order valence-electron chi connectivity index (χ3n) is 5.16. The molecule has 0 unspecified atom stereocenters. The number of nitrogens with zero attached hydrogens (tertiary/aromatic N) is 1. The first-order chi connectivity index (χ1) is 15.0. The van der Waals surface area contributed by atoms with E-state index in [2.05, 4.69) is 5.32 Å². The Bertz CT molecular complexity index is 1150. The van der Waals surface area contributed by atoms with Gasteiger partial charge in [-0.2, -0.15) is 0 Å². The molecule has 1 aliphatic rings. The molecule has 1 heterocycles. The Labute approximate surface area is 184 Å². The smallest absolute Gasteiger partial charge is 0.262 e. The molecule has 0 aliphatic carbocycles. The van der Waals surface area contributed by atoms with Crippen LogP contribution in [-0.4, -0.2) is 32.3 Å². The van der Waals surface area contributed by atoms with Gasteiger partial charge in [0.25, 0.3) is 5.91 Å². The summed E-state index contributed by atoms with van der Waals surface area (Å²) in [7, 11) is 4.53. The summed E-state index contributed by atoms with van der Waals surface area (Å²) >= 11 is 6.24. The van der Waals surface area contributed by atoms with Crippen LogP contribution in [0, 0.1) is 0 Å². The van der Waals surface area contributed by atoms with E-state index in [0.717, 1.165) is 0 Å². The van der Waals surface area contributed by atoms with Crippen LogP contribution in [0.15, 0.2) is 54.6 Å². The van der Waals surface area contributed by atoms with Gasteiger partial charge < -0.3 is 24.6 Å². The third kappa shape index (κ3) is 3.57. The van der Waals surface area contributed by atoms with Crippen LogP contribution in [0.5, 0.6) is 23.0 Å². The number of para-hydroxylation sites is 1. The lowest BCUT2D eigenvalue weighted by Crippen LogP contribution is -2.43. The lowest BCUT2D eigenvalue weighted by molar-refractivity contribution is 0.0974. The number of aromatic hydroxyl groups is 1. The molecular formula is C23H21ClN2O5. The largest absolute Gasteiger partial charge is 0.503 e. The van der Waals surface area contributed by atoms with E-state index < -0.39 is 6.17 Å². The number of rotatable bonds is 5. The molecule has 0 fully saturated rings. The summed E-state index contributed by atoms with van der Waals surface area (Å²) < 4.78 is 16.1. The van der Waals surface area contributed by atoms with Crippen molar-refractivity contribution in [3.63, 3.8) is 0 Å². The molecule has 0 bridgehead atoms. The van der Waals surface area contributed by atoms with Crippen molar-refractivity contribution >= 4 is 28.9 Å². The highest BCUT2D eigenvalue weighted by Crippen LogP contribution is 2.44. The summed E-state index contributed by atoms with van der Waals surface area (Å²) in [5.74, 6) is 0.896. The normalized spacial score (nSPS) is 15.2. The first kappa shape index (κ1) is 20.7. The van der Waals surface area contributed by atoms with E-state index >= 15 is 0 Å². The van der Waals surface area contributed by atoms with Gasteiger partial charge in [0.1, 0.15) is 17.7 Å². The van der Waals surface area contributed by atoms with Gasteiger partial charge in [0.2, 0.25) is 0 Å². The number of methoxy groups -OCH3 is 3. The molecule has 1 atom stereocenters. The van der Waals surface area contributed by atoms with Crippen molar-refractivity contribution in [3.8, 4) is 23.0 Å². The maximum atomic E-state index is 13.6. The minimum absolute atomic E-state index is 0.115. The maximum absolute atomic E-state index is 13.6. The Morgan fingerprint density at radius 3 is 2.42 bits per heavy atom. The van der Waals surface area contributed by atoms with Crippen LogP contribution < -0.4 is 24.4 Å². The Hall–Kier alpha value is -3.58. The highest BCUT2D eigenvalue weighted by molar-refractivity contribution is 6.32. The number of phenols is 1. The lowest BCUT2D eigenvalue weighted by Gasteiger charge is -2.38. The molecule has 0 spiro atoms. The molecule has 0 saturated carbocycles. The standard InChI is InChI=1S/C23H21ClN2O5/c1-29-14-8-9-18(19(12-14)30-2)26-22(13-10-16(24)21(27)20(11-13)31-3)25-17-7-5-4-6-15(17)23(26)28/h4-12,22,25,27H,1-3H3/t22-/m1/s1. The monoisotopic (exact) mass is 440 g/mol. The fourth-order valence-electron chi connectivity index (χ4n) is 3.63. The van der Waals surface area contributed by atoms with Gasteiger partial charge >= 0.3 is 0 Å². The molecule has 3 aromatic rings. The number of fused-ring (bicyclic) bond motifs is 1. The van der Waals surface area contributed by atoms with Crippen LogP contribution in [0.2, 0.25) is 5.02 Å². The summed E-state index contributed by atoms with van der Waals surface area (Å²) in [6, 6.07) is 15.7. The summed E-state index contributed by atoms with van der Waals surface area (Å²) in [6.07, 6.45) is -0.642.